The molecule has 0 atom stereocenters. The second kappa shape index (κ2) is 9.45. The van der Waals surface area contributed by atoms with Gasteiger partial charge in [0.25, 0.3) is 0 Å². The van der Waals surface area contributed by atoms with E-state index in [2.05, 4.69) is 20.9 Å². The molecule has 2 aromatic rings. The van der Waals surface area contributed by atoms with Crippen molar-refractivity contribution in [2.75, 3.05) is 10.6 Å². The summed E-state index contributed by atoms with van der Waals surface area (Å²) in [6.45, 7) is 1.48. The molecular formula is C20H24N4O3S. The van der Waals surface area contributed by atoms with Crippen molar-refractivity contribution >= 4 is 39.9 Å². The summed E-state index contributed by atoms with van der Waals surface area (Å²) in [5, 5.41) is 10.7. The maximum Gasteiger partial charge on any atom is 0.321 e. The zero-order valence-electron chi connectivity index (χ0n) is 15.8. The maximum absolute atomic E-state index is 12.2. The van der Waals surface area contributed by atoms with Gasteiger partial charge in [-0.25, -0.2) is 9.78 Å². The minimum Gasteiger partial charge on any atom is -0.335 e. The van der Waals surface area contributed by atoms with Crippen molar-refractivity contribution in [2.24, 2.45) is 0 Å². The Bertz CT molecular complexity index is 859. The lowest BCUT2D eigenvalue weighted by atomic mass is 9.96. The number of Topliss-reactive ketones (excluding diaryl/α,β-unsaturated/α-hetero) is 1. The number of hydrogen-bond donors (Lipinski definition) is 3. The highest BCUT2D eigenvalue weighted by Crippen LogP contribution is 2.19. The van der Waals surface area contributed by atoms with Crippen LogP contribution in [-0.4, -0.2) is 28.7 Å². The van der Waals surface area contributed by atoms with Crippen molar-refractivity contribution in [1.82, 2.24) is 10.3 Å². The van der Waals surface area contributed by atoms with E-state index in [1.165, 1.54) is 24.7 Å². The summed E-state index contributed by atoms with van der Waals surface area (Å²) < 4.78 is 0. The summed E-state index contributed by atoms with van der Waals surface area (Å²) in [5.41, 5.74) is 1.69. The first-order valence-electron chi connectivity index (χ1n) is 9.42. The van der Waals surface area contributed by atoms with Crippen molar-refractivity contribution < 1.29 is 14.4 Å². The molecule has 0 bridgehead atoms. The van der Waals surface area contributed by atoms with Crippen molar-refractivity contribution in [3.8, 4) is 0 Å². The van der Waals surface area contributed by atoms with Crippen LogP contribution in [0.3, 0.4) is 0 Å². The van der Waals surface area contributed by atoms with Crippen LogP contribution in [-0.2, 0) is 11.2 Å². The number of ketones is 1. The van der Waals surface area contributed by atoms with Crippen LogP contribution < -0.4 is 16.0 Å². The van der Waals surface area contributed by atoms with Crippen LogP contribution in [0, 0.1) is 0 Å². The topological polar surface area (TPSA) is 100 Å². The number of nitrogens with one attached hydrogen (secondary N) is 3. The first kappa shape index (κ1) is 20.0. The lowest BCUT2D eigenvalue weighted by molar-refractivity contribution is -0.115. The largest absolute Gasteiger partial charge is 0.335 e. The van der Waals surface area contributed by atoms with Gasteiger partial charge >= 0.3 is 6.03 Å². The Kier molecular flexibility index (Phi) is 6.76. The predicted molar refractivity (Wildman–Crippen MR) is 110 cm³/mol. The Hall–Kier alpha value is -2.74. The van der Waals surface area contributed by atoms with Gasteiger partial charge in [-0.1, -0.05) is 31.4 Å². The van der Waals surface area contributed by atoms with Crippen molar-refractivity contribution in [3.05, 3.63) is 40.9 Å². The third-order valence-electron chi connectivity index (χ3n) is 4.61. The van der Waals surface area contributed by atoms with E-state index in [-0.39, 0.29) is 30.2 Å². The fourth-order valence-corrected chi connectivity index (χ4v) is 3.90. The van der Waals surface area contributed by atoms with Crippen molar-refractivity contribution in [3.63, 3.8) is 0 Å². The molecule has 1 aromatic carbocycles. The van der Waals surface area contributed by atoms with Gasteiger partial charge in [-0.2, -0.15) is 0 Å². The van der Waals surface area contributed by atoms with Crippen LogP contribution >= 0.6 is 11.3 Å². The standard InChI is InChI=1S/C20H24N4O3S/c1-13(25)14-6-5-9-16(10-14)21-18(26)11-17-12-28-20(23-17)24-19(27)22-15-7-3-2-4-8-15/h5-6,9-10,12,15H,2-4,7-8,11H2,1H3,(H,21,26)(H2,22,23,24,27). The fraction of sp³-hybridized carbons (Fsp3) is 0.400. The average Bonchev–Trinajstić information content (AvgIpc) is 3.09. The Morgan fingerprint density at radius 1 is 1.14 bits per heavy atom. The van der Waals surface area contributed by atoms with E-state index in [0.717, 1.165) is 25.7 Å². The number of urea groups is 1. The van der Waals surface area contributed by atoms with E-state index in [1.807, 2.05) is 0 Å². The van der Waals surface area contributed by atoms with Gasteiger partial charge in [-0.3, -0.25) is 14.9 Å². The number of carbonyl (C=O) groups is 3. The zero-order valence-corrected chi connectivity index (χ0v) is 16.6. The smallest absolute Gasteiger partial charge is 0.321 e. The molecule has 1 fully saturated rings. The molecule has 8 heteroatoms. The summed E-state index contributed by atoms with van der Waals surface area (Å²) in [6.07, 6.45) is 5.65. The Morgan fingerprint density at radius 3 is 2.68 bits per heavy atom. The van der Waals surface area contributed by atoms with Gasteiger partial charge in [0.1, 0.15) is 0 Å². The van der Waals surface area contributed by atoms with E-state index < -0.39 is 0 Å². The monoisotopic (exact) mass is 400 g/mol. The first-order chi connectivity index (χ1) is 13.5. The van der Waals surface area contributed by atoms with Gasteiger partial charge in [0.05, 0.1) is 12.1 Å². The number of thiazole rings is 1. The molecule has 0 unspecified atom stereocenters. The van der Waals surface area contributed by atoms with Gasteiger partial charge in [0.2, 0.25) is 5.91 Å². The van der Waals surface area contributed by atoms with Crippen molar-refractivity contribution in [2.45, 2.75) is 51.5 Å². The molecule has 1 aliphatic rings. The molecule has 1 aliphatic carbocycles. The minimum absolute atomic E-state index is 0.0576. The van der Waals surface area contributed by atoms with E-state index in [0.29, 0.717) is 22.1 Å². The van der Waals surface area contributed by atoms with Gasteiger partial charge in [-0.05, 0) is 31.9 Å². The molecule has 148 valence electrons. The maximum atomic E-state index is 12.2. The molecule has 1 saturated carbocycles. The van der Waals surface area contributed by atoms with E-state index in [4.69, 9.17) is 0 Å². The fourth-order valence-electron chi connectivity index (χ4n) is 3.20. The van der Waals surface area contributed by atoms with Gasteiger partial charge in [0.15, 0.2) is 10.9 Å². The second-order valence-corrected chi connectivity index (χ2v) is 7.80. The molecular weight excluding hydrogens is 376 g/mol. The minimum atomic E-state index is -0.252. The number of aromatic nitrogens is 1. The number of rotatable bonds is 6. The number of nitrogens with zero attached hydrogens (tertiary/aromatic N) is 1. The average molecular weight is 401 g/mol. The summed E-state index contributed by atoms with van der Waals surface area (Å²) in [7, 11) is 0. The second-order valence-electron chi connectivity index (χ2n) is 6.94. The van der Waals surface area contributed by atoms with Gasteiger partial charge < -0.3 is 10.6 Å². The quantitative estimate of drug-likeness (QED) is 0.639. The van der Waals surface area contributed by atoms with Crippen LogP contribution in [0.1, 0.15) is 55.1 Å². The molecule has 3 rings (SSSR count). The highest BCUT2D eigenvalue weighted by Gasteiger charge is 2.16. The molecule has 0 aliphatic heterocycles. The summed E-state index contributed by atoms with van der Waals surface area (Å²) in [4.78, 5) is 40.0. The SMILES string of the molecule is CC(=O)c1cccc(NC(=O)Cc2csc(NC(=O)NC3CCCCC3)n2)c1. The molecule has 1 aromatic heterocycles. The zero-order chi connectivity index (χ0) is 19.9. The van der Waals surface area contributed by atoms with E-state index >= 15 is 0 Å². The van der Waals surface area contributed by atoms with Gasteiger partial charge in [-0.15, -0.1) is 11.3 Å². The molecule has 3 amide bonds. The third kappa shape index (κ3) is 5.88. The van der Waals surface area contributed by atoms with Crippen LogP contribution in [0.4, 0.5) is 15.6 Å². The van der Waals surface area contributed by atoms with Crippen molar-refractivity contribution in [1.29, 1.82) is 0 Å². The van der Waals surface area contributed by atoms with Crippen LogP contribution in [0.15, 0.2) is 29.6 Å². The summed E-state index contributed by atoms with van der Waals surface area (Å²) in [5.74, 6) is -0.290. The van der Waals surface area contributed by atoms with Gasteiger partial charge in [0, 0.05) is 22.7 Å². The number of benzene rings is 1. The molecule has 3 N–H and O–H groups in total. The highest BCUT2D eigenvalue weighted by molar-refractivity contribution is 7.13. The molecule has 0 spiro atoms. The van der Waals surface area contributed by atoms with E-state index in [1.54, 1.807) is 29.6 Å². The first-order valence-corrected chi connectivity index (χ1v) is 10.3. The predicted octanol–water partition coefficient (Wildman–Crippen LogP) is 3.98. The van der Waals surface area contributed by atoms with Crippen LogP contribution in [0.5, 0.6) is 0 Å². The van der Waals surface area contributed by atoms with Crippen LogP contribution in [0.2, 0.25) is 0 Å². The molecule has 0 saturated heterocycles. The Balaban J connectivity index is 1.49. The summed E-state index contributed by atoms with van der Waals surface area (Å²) in [6, 6.07) is 6.78. The van der Waals surface area contributed by atoms with E-state index in [9.17, 15) is 14.4 Å². The Morgan fingerprint density at radius 2 is 1.93 bits per heavy atom. The third-order valence-corrected chi connectivity index (χ3v) is 5.41. The Labute approximate surface area is 167 Å². The van der Waals surface area contributed by atoms with Crippen LogP contribution in [0.25, 0.3) is 0 Å². The molecule has 0 radical (unpaired) electrons. The lowest BCUT2D eigenvalue weighted by Gasteiger charge is -2.22. The molecule has 28 heavy (non-hydrogen) atoms. The lowest BCUT2D eigenvalue weighted by Crippen LogP contribution is -2.39. The summed E-state index contributed by atoms with van der Waals surface area (Å²) >= 11 is 1.29. The number of anilines is 2. The highest BCUT2D eigenvalue weighted by atomic mass is 32.1. The number of amides is 3. The number of hydrogen-bond acceptors (Lipinski definition) is 5. The molecule has 1 heterocycles. The number of carbonyl (C=O) groups excluding carboxylic acids is 3. The molecule has 7 nitrogen and oxygen atoms in total. The normalized spacial score (nSPS) is 14.3.